The Hall–Kier alpha value is -1.48. The molecule has 9 heteroatoms. The van der Waals surface area contributed by atoms with Crippen LogP contribution < -0.4 is 0 Å². The highest BCUT2D eigenvalue weighted by molar-refractivity contribution is 7.88. The molecule has 0 radical (unpaired) electrons. The highest BCUT2D eigenvalue weighted by Crippen LogP contribution is 2.17. The molecule has 0 atom stereocenters. The summed E-state index contributed by atoms with van der Waals surface area (Å²) in [5.74, 6) is 0. The standard InChI is InChI=1S/C10H17N5O3S/c1-3-13(2)10(16)15-8-11-9(12-15)19(17,18)14-6-4-5-7-14/h8H,3-7H2,1-2H3. The number of nitrogens with zero attached hydrogens (tertiary/aromatic N) is 5. The van der Waals surface area contributed by atoms with Crippen molar-refractivity contribution in [3.8, 4) is 0 Å². The summed E-state index contributed by atoms with van der Waals surface area (Å²) in [5.41, 5.74) is 0. The second-order valence-electron chi connectivity index (χ2n) is 4.38. The van der Waals surface area contributed by atoms with E-state index < -0.39 is 16.1 Å². The van der Waals surface area contributed by atoms with Gasteiger partial charge in [-0.3, -0.25) is 0 Å². The summed E-state index contributed by atoms with van der Waals surface area (Å²) < 4.78 is 26.6. The molecule has 0 aliphatic carbocycles. The minimum Gasteiger partial charge on any atom is -0.326 e. The normalized spacial score (nSPS) is 16.7. The molecule has 0 N–H and O–H groups in total. The van der Waals surface area contributed by atoms with Crippen LogP contribution in [-0.4, -0.2) is 65.1 Å². The lowest BCUT2D eigenvalue weighted by atomic mass is 10.4. The zero-order valence-corrected chi connectivity index (χ0v) is 11.8. The summed E-state index contributed by atoms with van der Waals surface area (Å²) in [6.07, 6.45) is 2.83. The van der Waals surface area contributed by atoms with Crippen molar-refractivity contribution in [2.45, 2.75) is 24.9 Å². The Morgan fingerprint density at radius 1 is 1.42 bits per heavy atom. The smallest absolute Gasteiger partial charge is 0.326 e. The van der Waals surface area contributed by atoms with Gasteiger partial charge in [0.05, 0.1) is 0 Å². The first-order valence-corrected chi connectivity index (χ1v) is 7.58. The second kappa shape index (κ2) is 5.25. The number of carbonyl (C=O) groups is 1. The maximum atomic E-state index is 12.2. The van der Waals surface area contributed by atoms with Gasteiger partial charge in [-0.05, 0) is 19.8 Å². The second-order valence-corrected chi connectivity index (χ2v) is 6.21. The van der Waals surface area contributed by atoms with Crippen LogP contribution in [0.2, 0.25) is 0 Å². The number of amides is 1. The van der Waals surface area contributed by atoms with Gasteiger partial charge >= 0.3 is 6.03 Å². The van der Waals surface area contributed by atoms with E-state index in [1.807, 2.05) is 6.92 Å². The van der Waals surface area contributed by atoms with Gasteiger partial charge in [0.25, 0.3) is 15.2 Å². The molecule has 1 fully saturated rings. The average molecular weight is 287 g/mol. The van der Waals surface area contributed by atoms with Crippen LogP contribution >= 0.6 is 0 Å². The average Bonchev–Trinajstić information content (AvgIpc) is 3.07. The molecule has 8 nitrogen and oxygen atoms in total. The summed E-state index contributed by atoms with van der Waals surface area (Å²) in [6, 6.07) is -0.405. The predicted octanol–water partition coefficient (Wildman–Crippen LogP) is -0.0176. The van der Waals surface area contributed by atoms with Crippen LogP contribution in [0.5, 0.6) is 0 Å². The third-order valence-electron chi connectivity index (χ3n) is 3.10. The van der Waals surface area contributed by atoms with Gasteiger partial charge in [0, 0.05) is 26.7 Å². The van der Waals surface area contributed by atoms with Crippen LogP contribution in [0.25, 0.3) is 0 Å². The van der Waals surface area contributed by atoms with Crippen LogP contribution in [0.15, 0.2) is 11.5 Å². The molecule has 1 aliphatic heterocycles. The van der Waals surface area contributed by atoms with E-state index in [4.69, 9.17) is 0 Å². The summed E-state index contributed by atoms with van der Waals surface area (Å²) in [7, 11) is -2.05. The third kappa shape index (κ3) is 2.61. The zero-order valence-electron chi connectivity index (χ0n) is 11.0. The lowest BCUT2D eigenvalue weighted by Gasteiger charge is -2.13. The van der Waals surface area contributed by atoms with E-state index in [1.165, 1.54) is 9.21 Å². The predicted molar refractivity (Wildman–Crippen MR) is 67.1 cm³/mol. The largest absolute Gasteiger partial charge is 0.345 e. The minimum absolute atomic E-state index is 0.313. The fourth-order valence-electron chi connectivity index (χ4n) is 1.81. The Kier molecular flexibility index (Phi) is 3.85. The SMILES string of the molecule is CCN(C)C(=O)n1cnc(S(=O)(=O)N2CCCC2)n1. The molecule has 19 heavy (non-hydrogen) atoms. The third-order valence-corrected chi connectivity index (χ3v) is 4.80. The van der Waals surface area contributed by atoms with Crippen molar-refractivity contribution in [2.24, 2.45) is 0 Å². The van der Waals surface area contributed by atoms with E-state index in [2.05, 4.69) is 10.1 Å². The van der Waals surface area contributed by atoms with Gasteiger partial charge in [-0.15, -0.1) is 5.10 Å². The molecule has 1 aromatic rings. The summed E-state index contributed by atoms with van der Waals surface area (Å²) in [5, 5.41) is 3.47. The molecular weight excluding hydrogens is 270 g/mol. The molecule has 0 spiro atoms. The number of hydrogen-bond acceptors (Lipinski definition) is 5. The van der Waals surface area contributed by atoms with Crippen molar-refractivity contribution < 1.29 is 13.2 Å². The Labute approximate surface area is 112 Å². The van der Waals surface area contributed by atoms with E-state index in [9.17, 15) is 13.2 Å². The molecule has 1 aliphatic rings. The first kappa shape index (κ1) is 13.9. The van der Waals surface area contributed by atoms with Crippen LogP contribution in [0.1, 0.15) is 19.8 Å². The Balaban J connectivity index is 2.23. The van der Waals surface area contributed by atoms with E-state index in [0.717, 1.165) is 23.9 Å². The molecule has 0 aromatic carbocycles. The van der Waals surface area contributed by atoms with Crippen LogP contribution in [0.4, 0.5) is 4.79 Å². The molecule has 0 saturated carbocycles. The summed E-state index contributed by atoms with van der Waals surface area (Å²) in [4.78, 5) is 17.0. The lowest BCUT2D eigenvalue weighted by Crippen LogP contribution is -2.32. The first-order valence-electron chi connectivity index (χ1n) is 6.14. The molecule has 1 saturated heterocycles. The van der Waals surface area contributed by atoms with Crippen molar-refractivity contribution in [1.29, 1.82) is 0 Å². The highest BCUT2D eigenvalue weighted by Gasteiger charge is 2.31. The van der Waals surface area contributed by atoms with Crippen LogP contribution in [0.3, 0.4) is 0 Å². The number of sulfonamides is 1. The van der Waals surface area contributed by atoms with Gasteiger partial charge in [0.2, 0.25) is 0 Å². The summed E-state index contributed by atoms with van der Waals surface area (Å²) >= 11 is 0. The van der Waals surface area contributed by atoms with Gasteiger partial charge in [0.15, 0.2) is 0 Å². The van der Waals surface area contributed by atoms with Crippen molar-refractivity contribution >= 4 is 16.1 Å². The Bertz CT molecular complexity index is 561. The number of carbonyl (C=O) groups excluding carboxylic acids is 1. The molecular formula is C10H17N5O3S. The molecule has 0 unspecified atom stereocenters. The zero-order chi connectivity index (χ0) is 14.0. The maximum absolute atomic E-state index is 12.2. The molecule has 1 amide bonds. The van der Waals surface area contributed by atoms with Crippen LogP contribution in [0, 0.1) is 0 Å². The minimum atomic E-state index is -3.66. The molecule has 0 bridgehead atoms. The highest BCUT2D eigenvalue weighted by atomic mass is 32.2. The van der Waals surface area contributed by atoms with Crippen molar-refractivity contribution in [2.75, 3.05) is 26.7 Å². The quantitative estimate of drug-likeness (QED) is 0.779. The number of hydrogen-bond donors (Lipinski definition) is 0. The summed E-state index contributed by atoms with van der Waals surface area (Å²) in [6.45, 7) is 3.29. The first-order chi connectivity index (χ1) is 8.96. The van der Waals surface area contributed by atoms with Gasteiger partial charge in [-0.2, -0.15) is 8.99 Å². The van der Waals surface area contributed by atoms with E-state index in [0.29, 0.717) is 19.6 Å². The Morgan fingerprint density at radius 2 is 2.05 bits per heavy atom. The topological polar surface area (TPSA) is 88.4 Å². The van der Waals surface area contributed by atoms with E-state index >= 15 is 0 Å². The van der Waals surface area contributed by atoms with E-state index in [-0.39, 0.29) is 5.16 Å². The molecule has 2 rings (SSSR count). The fraction of sp³-hybridized carbons (Fsp3) is 0.700. The number of rotatable bonds is 3. The monoisotopic (exact) mass is 287 g/mol. The lowest BCUT2D eigenvalue weighted by molar-refractivity contribution is 0.209. The van der Waals surface area contributed by atoms with Gasteiger partial charge in [-0.25, -0.2) is 18.2 Å². The number of aromatic nitrogens is 3. The molecule has 1 aromatic heterocycles. The van der Waals surface area contributed by atoms with Crippen molar-refractivity contribution in [1.82, 2.24) is 24.0 Å². The molecule has 2 heterocycles. The fourth-order valence-corrected chi connectivity index (χ4v) is 3.15. The van der Waals surface area contributed by atoms with Gasteiger partial charge in [0.1, 0.15) is 6.33 Å². The van der Waals surface area contributed by atoms with Crippen molar-refractivity contribution in [3.63, 3.8) is 0 Å². The van der Waals surface area contributed by atoms with Gasteiger partial charge in [-0.1, -0.05) is 0 Å². The molecule has 106 valence electrons. The van der Waals surface area contributed by atoms with Gasteiger partial charge < -0.3 is 4.90 Å². The Morgan fingerprint density at radius 3 is 2.63 bits per heavy atom. The maximum Gasteiger partial charge on any atom is 0.345 e. The van der Waals surface area contributed by atoms with E-state index in [1.54, 1.807) is 7.05 Å². The van der Waals surface area contributed by atoms with Crippen molar-refractivity contribution in [3.05, 3.63) is 6.33 Å². The van der Waals surface area contributed by atoms with Crippen LogP contribution in [-0.2, 0) is 10.0 Å².